The molecule has 1 saturated heterocycles. The van der Waals surface area contributed by atoms with Crippen molar-refractivity contribution in [3.8, 4) is 0 Å². The van der Waals surface area contributed by atoms with E-state index in [1.54, 1.807) is 7.05 Å². The van der Waals surface area contributed by atoms with Gasteiger partial charge in [0, 0.05) is 26.6 Å². The number of hydrogen-bond acceptors (Lipinski definition) is 4. The highest BCUT2D eigenvalue weighted by atomic mass is 127. The lowest BCUT2D eigenvalue weighted by Crippen LogP contribution is -2.48. The summed E-state index contributed by atoms with van der Waals surface area (Å²) >= 11 is 0. The van der Waals surface area contributed by atoms with Crippen LogP contribution in [0.15, 0.2) is 4.99 Å². The molecule has 1 rings (SSSR count). The van der Waals surface area contributed by atoms with Crippen LogP contribution in [0.3, 0.4) is 0 Å². The molecule has 7 nitrogen and oxygen atoms in total. The Bertz CT molecular complexity index is 435. The van der Waals surface area contributed by atoms with Crippen LogP contribution in [-0.2, 0) is 14.3 Å². The third-order valence-corrected chi connectivity index (χ3v) is 3.33. The van der Waals surface area contributed by atoms with E-state index in [2.05, 4.69) is 15.2 Å². The Hall–Kier alpha value is -1.06. The van der Waals surface area contributed by atoms with Gasteiger partial charge in [-0.2, -0.15) is 0 Å². The van der Waals surface area contributed by atoms with Gasteiger partial charge in [-0.05, 0) is 39.5 Å². The van der Waals surface area contributed by atoms with E-state index >= 15 is 0 Å². The molecular formula is C15H29IN4O3. The minimum atomic E-state index is -0.500. The SMILES string of the molecule is CN=C(NCC(=O)OC(C)(C)C)N1CCCC(CC(N)=O)C1.I. The van der Waals surface area contributed by atoms with E-state index in [1.807, 2.05) is 20.8 Å². The zero-order chi connectivity index (χ0) is 16.8. The zero-order valence-electron chi connectivity index (χ0n) is 14.4. The maximum absolute atomic E-state index is 11.8. The lowest BCUT2D eigenvalue weighted by Gasteiger charge is -2.34. The lowest BCUT2D eigenvalue weighted by molar-refractivity contribution is -0.153. The molecule has 8 heteroatoms. The fraction of sp³-hybridized carbons (Fsp3) is 0.800. The molecule has 1 atom stereocenters. The molecule has 23 heavy (non-hydrogen) atoms. The van der Waals surface area contributed by atoms with Crippen molar-refractivity contribution in [3.05, 3.63) is 0 Å². The van der Waals surface area contributed by atoms with E-state index in [1.165, 1.54) is 0 Å². The van der Waals surface area contributed by atoms with Crippen LogP contribution in [0.5, 0.6) is 0 Å². The first-order chi connectivity index (χ1) is 10.2. The summed E-state index contributed by atoms with van der Waals surface area (Å²) < 4.78 is 5.26. The van der Waals surface area contributed by atoms with Crippen molar-refractivity contribution >= 4 is 41.8 Å². The number of nitrogens with one attached hydrogen (secondary N) is 1. The number of halogens is 1. The first kappa shape index (κ1) is 21.9. The van der Waals surface area contributed by atoms with Gasteiger partial charge in [-0.3, -0.25) is 14.6 Å². The normalized spacial score (nSPS) is 18.9. The van der Waals surface area contributed by atoms with E-state index in [0.717, 1.165) is 25.9 Å². The molecule has 0 radical (unpaired) electrons. The Kier molecular flexibility index (Phi) is 9.48. The minimum Gasteiger partial charge on any atom is -0.459 e. The van der Waals surface area contributed by atoms with Gasteiger partial charge >= 0.3 is 5.97 Å². The van der Waals surface area contributed by atoms with E-state index in [0.29, 0.717) is 12.4 Å². The molecule has 0 saturated carbocycles. The molecule has 134 valence electrons. The van der Waals surface area contributed by atoms with Gasteiger partial charge in [0.05, 0.1) is 0 Å². The minimum absolute atomic E-state index is 0. The summed E-state index contributed by atoms with van der Waals surface area (Å²) in [5.41, 5.74) is 4.77. The molecule has 0 aromatic carbocycles. The molecule has 1 heterocycles. The van der Waals surface area contributed by atoms with Crippen molar-refractivity contribution < 1.29 is 14.3 Å². The standard InChI is InChI=1S/C15H28N4O3.HI/c1-15(2,3)22-13(21)9-18-14(17-4)19-7-5-6-11(10-19)8-12(16)20;/h11H,5-10H2,1-4H3,(H2,16,20)(H,17,18);1H. The maximum Gasteiger partial charge on any atom is 0.325 e. The first-order valence-electron chi connectivity index (χ1n) is 7.67. The van der Waals surface area contributed by atoms with Gasteiger partial charge in [0.25, 0.3) is 0 Å². The third-order valence-electron chi connectivity index (χ3n) is 3.33. The van der Waals surface area contributed by atoms with Gasteiger partial charge < -0.3 is 20.7 Å². The number of guanidine groups is 1. The van der Waals surface area contributed by atoms with Crippen molar-refractivity contribution in [2.75, 3.05) is 26.7 Å². The summed E-state index contributed by atoms with van der Waals surface area (Å²) in [6.45, 7) is 7.14. The first-order valence-corrected chi connectivity index (χ1v) is 7.67. The van der Waals surface area contributed by atoms with E-state index in [9.17, 15) is 9.59 Å². The van der Waals surface area contributed by atoms with Crippen LogP contribution >= 0.6 is 24.0 Å². The molecule has 1 unspecified atom stereocenters. The van der Waals surface area contributed by atoms with Gasteiger partial charge in [0.1, 0.15) is 12.1 Å². The quantitative estimate of drug-likeness (QED) is 0.296. The molecule has 1 aliphatic rings. The van der Waals surface area contributed by atoms with Crippen LogP contribution in [0.1, 0.15) is 40.0 Å². The number of carbonyl (C=O) groups is 2. The summed E-state index contributed by atoms with van der Waals surface area (Å²) in [7, 11) is 1.68. The molecule has 0 aromatic heterocycles. The van der Waals surface area contributed by atoms with Crippen molar-refractivity contribution in [1.82, 2.24) is 10.2 Å². The van der Waals surface area contributed by atoms with Crippen LogP contribution in [0.4, 0.5) is 0 Å². The average Bonchev–Trinajstić information content (AvgIpc) is 2.37. The number of hydrogen-bond donors (Lipinski definition) is 2. The van der Waals surface area contributed by atoms with Gasteiger partial charge in [0.2, 0.25) is 5.91 Å². The number of nitrogens with two attached hydrogens (primary N) is 1. The van der Waals surface area contributed by atoms with Crippen LogP contribution in [0.2, 0.25) is 0 Å². The molecule has 0 spiro atoms. The number of rotatable bonds is 4. The summed E-state index contributed by atoms with van der Waals surface area (Å²) in [5.74, 6) is 0.300. The molecule has 0 aliphatic carbocycles. The van der Waals surface area contributed by atoms with Crippen LogP contribution in [0, 0.1) is 5.92 Å². The van der Waals surface area contributed by atoms with E-state index in [4.69, 9.17) is 10.5 Å². The summed E-state index contributed by atoms with van der Waals surface area (Å²) in [6, 6.07) is 0. The lowest BCUT2D eigenvalue weighted by atomic mass is 9.95. The number of carbonyl (C=O) groups excluding carboxylic acids is 2. The topological polar surface area (TPSA) is 97.0 Å². The fourth-order valence-corrected chi connectivity index (χ4v) is 2.57. The highest BCUT2D eigenvalue weighted by molar-refractivity contribution is 14.0. The number of ether oxygens (including phenoxy) is 1. The number of aliphatic imine (C=N–C) groups is 1. The maximum atomic E-state index is 11.8. The predicted molar refractivity (Wildman–Crippen MR) is 101 cm³/mol. The fourth-order valence-electron chi connectivity index (χ4n) is 2.57. The van der Waals surface area contributed by atoms with Gasteiger partial charge in [-0.15, -0.1) is 24.0 Å². The molecule has 1 aliphatic heterocycles. The zero-order valence-corrected chi connectivity index (χ0v) is 16.8. The van der Waals surface area contributed by atoms with Gasteiger partial charge in [0.15, 0.2) is 5.96 Å². The molecule has 0 aromatic rings. The highest BCUT2D eigenvalue weighted by Crippen LogP contribution is 2.19. The van der Waals surface area contributed by atoms with E-state index < -0.39 is 5.60 Å². The number of piperidine rings is 1. The predicted octanol–water partition coefficient (Wildman–Crippen LogP) is 1.11. The van der Waals surface area contributed by atoms with Gasteiger partial charge in [-0.1, -0.05) is 0 Å². The number of likely N-dealkylation sites (tertiary alicyclic amines) is 1. The Morgan fingerprint density at radius 3 is 2.57 bits per heavy atom. The highest BCUT2D eigenvalue weighted by Gasteiger charge is 2.24. The van der Waals surface area contributed by atoms with Crippen molar-refractivity contribution in [1.29, 1.82) is 0 Å². The largest absolute Gasteiger partial charge is 0.459 e. The average molecular weight is 440 g/mol. The Morgan fingerprint density at radius 1 is 1.39 bits per heavy atom. The Labute approximate surface area is 155 Å². The Balaban J connectivity index is 0.00000484. The smallest absolute Gasteiger partial charge is 0.325 e. The second kappa shape index (κ2) is 9.94. The molecule has 3 N–H and O–H groups in total. The third kappa shape index (κ3) is 8.97. The van der Waals surface area contributed by atoms with Gasteiger partial charge in [-0.25, -0.2) is 0 Å². The van der Waals surface area contributed by atoms with E-state index in [-0.39, 0.29) is 48.3 Å². The van der Waals surface area contributed by atoms with Crippen molar-refractivity contribution in [3.63, 3.8) is 0 Å². The summed E-state index contributed by atoms with van der Waals surface area (Å²) in [5, 5.41) is 3.02. The molecular weight excluding hydrogens is 411 g/mol. The second-order valence-electron chi connectivity index (χ2n) is 6.61. The molecule has 0 bridgehead atoms. The monoisotopic (exact) mass is 440 g/mol. The van der Waals surface area contributed by atoms with Crippen molar-refractivity contribution in [2.24, 2.45) is 16.6 Å². The van der Waals surface area contributed by atoms with Crippen LogP contribution < -0.4 is 11.1 Å². The number of esters is 1. The number of nitrogens with zero attached hydrogens (tertiary/aromatic N) is 2. The molecule has 1 amide bonds. The second-order valence-corrected chi connectivity index (χ2v) is 6.61. The van der Waals surface area contributed by atoms with Crippen LogP contribution in [0.25, 0.3) is 0 Å². The summed E-state index contributed by atoms with van der Waals surface area (Å²) in [6.07, 6.45) is 2.35. The Morgan fingerprint density at radius 2 is 2.04 bits per heavy atom. The number of primary amides is 1. The van der Waals surface area contributed by atoms with Crippen LogP contribution in [-0.4, -0.2) is 55.0 Å². The number of amides is 1. The summed E-state index contributed by atoms with van der Waals surface area (Å²) in [4.78, 5) is 29.1. The molecule has 1 fully saturated rings. The van der Waals surface area contributed by atoms with Crippen molar-refractivity contribution in [2.45, 2.75) is 45.6 Å².